The number of carbonyl (C=O) groups excluding carboxylic acids is 1. The molecule has 0 unspecified atom stereocenters. The van der Waals surface area contributed by atoms with E-state index in [9.17, 15) is 4.79 Å². The fourth-order valence-corrected chi connectivity index (χ4v) is 2.00. The van der Waals surface area contributed by atoms with Crippen molar-refractivity contribution in [2.75, 3.05) is 0 Å². The standard InChI is InChI=1S/C9H8ClIO/c1-6(12)4-7-2-3-8(10)5-9(7)11/h2-3,5H,4H2,1H3. The number of carbonyl (C=O) groups is 1. The van der Waals surface area contributed by atoms with Crippen molar-refractivity contribution >= 4 is 40.0 Å². The van der Waals surface area contributed by atoms with Crippen molar-refractivity contribution in [3.8, 4) is 0 Å². The average Bonchev–Trinajstić information content (AvgIpc) is 1.94. The molecule has 0 aliphatic carbocycles. The smallest absolute Gasteiger partial charge is 0.134 e. The fourth-order valence-electron chi connectivity index (χ4n) is 0.933. The molecule has 0 saturated heterocycles. The van der Waals surface area contributed by atoms with Crippen LogP contribution in [-0.4, -0.2) is 5.78 Å². The Morgan fingerprint density at radius 3 is 2.75 bits per heavy atom. The molecule has 0 atom stereocenters. The molecule has 1 aromatic carbocycles. The molecule has 1 rings (SSSR count). The minimum Gasteiger partial charge on any atom is -0.300 e. The molecule has 0 bridgehead atoms. The van der Waals surface area contributed by atoms with E-state index in [1.165, 1.54) is 0 Å². The lowest BCUT2D eigenvalue weighted by molar-refractivity contribution is -0.116. The first-order chi connectivity index (χ1) is 5.59. The van der Waals surface area contributed by atoms with Gasteiger partial charge in [0.2, 0.25) is 0 Å². The highest BCUT2D eigenvalue weighted by Crippen LogP contribution is 2.18. The molecule has 12 heavy (non-hydrogen) atoms. The molecular formula is C9H8ClIO. The molecule has 3 heteroatoms. The van der Waals surface area contributed by atoms with Crippen LogP contribution in [0.3, 0.4) is 0 Å². The topological polar surface area (TPSA) is 17.1 Å². The maximum absolute atomic E-state index is 10.8. The molecule has 1 nitrogen and oxygen atoms in total. The summed E-state index contributed by atoms with van der Waals surface area (Å²) < 4.78 is 1.05. The molecule has 64 valence electrons. The van der Waals surface area contributed by atoms with Gasteiger partial charge < -0.3 is 0 Å². The molecule has 0 saturated carbocycles. The normalized spacial score (nSPS) is 9.92. The second-order valence-electron chi connectivity index (χ2n) is 2.61. The zero-order valence-electron chi connectivity index (χ0n) is 6.60. The van der Waals surface area contributed by atoms with E-state index in [0.717, 1.165) is 9.13 Å². The number of benzene rings is 1. The van der Waals surface area contributed by atoms with Crippen LogP contribution in [-0.2, 0) is 11.2 Å². The highest BCUT2D eigenvalue weighted by atomic mass is 127. The Kier molecular flexibility index (Phi) is 3.53. The predicted molar refractivity (Wildman–Crippen MR) is 58.6 cm³/mol. The first kappa shape index (κ1) is 9.99. The van der Waals surface area contributed by atoms with Crippen LogP contribution in [0.5, 0.6) is 0 Å². The van der Waals surface area contributed by atoms with E-state index in [4.69, 9.17) is 11.6 Å². The SMILES string of the molecule is CC(=O)Cc1ccc(Cl)cc1I. The third-order valence-electron chi connectivity index (χ3n) is 1.45. The zero-order valence-corrected chi connectivity index (χ0v) is 9.52. The van der Waals surface area contributed by atoms with Crippen molar-refractivity contribution in [2.24, 2.45) is 0 Å². The van der Waals surface area contributed by atoms with Crippen LogP contribution in [0.25, 0.3) is 0 Å². The Labute approximate surface area is 90.3 Å². The number of halogens is 2. The Morgan fingerprint density at radius 2 is 2.25 bits per heavy atom. The van der Waals surface area contributed by atoms with E-state index in [2.05, 4.69) is 22.6 Å². The number of hydrogen-bond donors (Lipinski definition) is 0. The van der Waals surface area contributed by atoms with Gasteiger partial charge in [-0.25, -0.2) is 0 Å². The summed E-state index contributed by atoms with van der Waals surface area (Å²) in [6.07, 6.45) is 0.495. The number of rotatable bonds is 2. The van der Waals surface area contributed by atoms with Crippen LogP contribution < -0.4 is 0 Å². The van der Waals surface area contributed by atoms with Crippen molar-refractivity contribution in [1.29, 1.82) is 0 Å². The molecule has 0 amide bonds. The highest BCUT2D eigenvalue weighted by Gasteiger charge is 2.02. The van der Waals surface area contributed by atoms with Gasteiger partial charge in [-0.15, -0.1) is 0 Å². The summed E-state index contributed by atoms with van der Waals surface area (Å²) in [5, 5.41) is 0.715. The van der Waals surface area contributed by atoms with E-state index in [1.54, 1.807) is 6.92 Å². The first-order valence-corrected chi connectivity index (χ1v) is 4.98. The summed E-state index contributed by atoms with van der Waals surface area (Å²) >= 11 is 7.95. The minimum atomic E-state index is 0.176. The van der Waals surface area contributed by atoms with Gasteiger partial charge in [-0.2, -0.15) is 0 Å². The third-order valence-corrected chi connectivity index (χ3v) is 2.69. The van der Waals surface area contributed by atoms with Gasteiger partial charge >= 0.3 is 0 Å². The molecule has 0 fully saturated rings. The molecule has 1 aromatic rings. The van der Waals surface area contributed by atoms with Crippen molar-refractivity contribution < 1.29 is 4.79 Å². The second-order valence-corrected chi connectivity index (χ2v) is 4.21. The van der Waals surface area contributed by atoms with Crippen LogP contribution >= 0.6 is 34.2 Å². The molecule has 0 radical (unpaired) electrons. The first-order valence-electron chi connectivity index (χ1n) is 3.53. The summed E-state index contributed by atoms with van der Waals surface area (Å²) in [5.74, 6) is 0.176. The number of Topliss-reactive ketones (excluding diaryl/α,β-unsaturated/α-hetero) is 1. The van der Waals surface area contributed by atoms with Gasteiger partial charge in [0.15, 0.2) is 0 Å². The van der Waals surface area contributed by atoms with Crippen LogP contribution in [0.1, 0.15) is 12.5 Å². The summed E-state index contributed by atoms with van der Waals surface area (Å²) in [5.41, 5.74) is 1.05. The minimum absolute atomic E-state index is 0.176. The quantitative estimate of drug-likeness (QED) is 0.766. The van der Waals surface area contributed by atoms with Gasteiger partial charge in [0.05, 0.1) is 0 Å². The molecule has 0 aliphatic rings. The van der Waals surface area contributed by atoms with Crippen molar-refractivity contribution in [3.63, 3.8) is 0 Å². The van der Waals surface area contributed by atoms with E-state index in [0.29, 0.717) is 11.4 Å². The number of ketones is 1. The molecule has 0 aliphatic heterocycles. The van der Waals surface area contributed by atoms with Crippen LogP contribution in [0.4, 0.5) is 0 Å². The van der Waals surface area contributed by atoms with Gasteiger partial charge in [-0.3, -0.25) is 4.79 Å². The predicted octanol–water partition coefficient (Wildman–Crippen LogP) is 3.08. The lowest BCUT2D eigenvalue weighted by atomic mass is 10.1. The highest BCUT2D eigenvalue weighted by molar-refractivity contribution is 14.1. The molecular weight excluding hydrogens is 286 g/mol. The van der Waals surface area contributed by atoms with Gasteiger partial charge in [-0.1, -0.05) is 17.7 Å². The lowest BCUT2D eigenvalue weighted by Gasteiger charge is -2.01. The molecule has 0 heterocycles. The fraction of sp³-hybridized carbons (Fsp3) is 0.222. The molecule has 0 N–H and O–H groups in total. The maximum atomic E-state index is 10.8. The van der Waals surface area contributed by atoms with Gasteiger partial charge in [0.25, 0.3) is 0 Å². The van der Waals surface area contributed by atoms with E-state index >= 15 is 0 Å². The Balaban J connectivity index is 2.93. The molecule has 0 aromatic heterocycles. The zero-order chi connectivity index (χ0) is 9.14. The summed E-state index contributed by atoms with van der Waals surface area (Å²) in [7, 11) is 0. The largest absolute Gasteiger partial charge is 0.300 e. The van der Waals surface area contributed by atoms with E-state index < -0.39 is 0 Å². The van der Waals surface area contributed by atoms with Crippen molar-refractivity contribution in [1.82, 2.24) is 0 Å². The summed E-state index contributed by atoms with van der Waals surface area (Å²) in [6.45, 7) is 1.59. The van der Waals surface area contributed by atoms with Crippen molar-refractivity contribution in [2.45, 2.75) is 13.3 Å². The Bertz CT molecular complexity index is 309. The number of hydrogen-bond acceptors (Lipinski definition) is 1. The monoisotopic (exact) mass is 294 g/mol. The van der Waals surface area contributed by atoms with E-state index in [1.807, 2.05) is 18.2 Å². The van der Waals surface area contributed by atoms with Crippen LogP contribution in [0.15, 0.2) is 18.2 Å². The second kappa shape index (κ2) is 4.23. The third kappa shape index (κ3) is 2.75. The van der Waals surface area contributed by atoms with Crippen LogP contribution in [0, 0.1) is 3.57 Å². The lowest BCUT2D eigenvalue weighted by Crippen LogP contribution is -1.98. The van der Waals surface area contributed by atoms with Gasteiger partial charge in [0.1, 0.15) is 5.78 Å². The van der Waals surface area contributed by atoms with Crippen molar-refractivity contribution in [3.05, 3.63) is 32.4 Å². The molecule has 0 spiro atoms. The Morgan fingerprint density at radius 1 is 1.58 bits per heavy atom. The van der Waals surface area contributed by atoms with Gasteiger partial charge in [0, 0.05) is 15.0 Å². The average molecular weight is 295 g/mol. The summed E-state index contributed by atoms with van der Waals surface area (Å²) in [4.78, 5) is 10.8. The maximum Gasteiger partial charge on any atom is 0.134 e. The Hall–Kier alpha value is -0.0900. The van der Waals surface area contributed by atoms with E-state index in [-0.39, 0.29) is 5.78 Å². The summed E-state index contributed by atoms with van der Waals surface area (Å²) in [6, 6.07) is 5.56. The van der Waals surface area contributed by atoms with Gasteiger partial charge in [-0.05, 0) is 47.2 Å². The van der Waals surface area contributed by atoms with Crippen LogP contribution in [0.2, 0.25) is 5.02 Å².